The molecule has 0 bridgehead atoms. The summed E-state index contributed by atoms with van der Waals surface area (Å²) >= 11 is 4.97. The average molecular weight is 338 g/mol. The maximum Gasteiger partial charge on any atom is 0.240 e. The number of likely N-dealkylation sites (tertiary alicyclic amines) is 1. The highest BCUT2D eigenvalue weighted by Gasteiger charge is 2.28. The Kier molecular flexibility index (Phi) is 5.58. The van der Waals surface area contributed by atoms with Crippen LogP contribution in [0.3, 0.4) is 0 Å². The Bertz CT molecular complexity index is 619. The van der Waals surface area contributed by atoms with Crippen LogP contribution in [0.1, 0.15) is 19.3 Å². The van der Waals surface area contributed by atoms with Crippen LogP contribution in [-0.2, 0) is 14.4 Å². The molecule has 1 aliphatic heterocycles. The van der Waals surface area contributed by atoms with Crippen molar-refractivity contribution in [2.45, 2.75) is 19.3 Å². The molecule has 1 saturated heterocycles. The molecule has 0 atom stereocenters. The van der Waals surface area contributed by atoms with Crippen LogP contribution in [0.5, 0.6) is 0 Å². The average Bonchev–Trinajstić information content (AvgIpc) is 2.84. The van der Waals surface area contributed by atoms with Crippen molar-refractivity contribution in [1.82, 2.24) is 15.8 Å². The molecule has 3 N–H and O–H groups in total. The van der Waals surface area contributed by atoms with Crippen molar-refractivity contribution in [2.24, 2.45) is 0 Å². The maximum atomic E-state index is 12.8. The summed E-state index contributed by atoms with van der Waals surface area (Å²) in [4.78, 5) is 35.5. The van der Waals surface area contributed by atoms with Gasteiger partial charge in [0.05, 0.1) is 0 Å². The highest BCUT2D eigenvalue weighted by molar-refractivity contribution is 7.80. The molecule has 1 aromatic carbocycles. The van der Waals surface area contributed by atoms with Crippen LogP contribution < -0.4 is 16.2 Å². The van der Waals surface area contributed by atoms with Gasteiger partial charge in [-0.1, -0.05) is 0 Å². The van der Waals surface area contributed by atoms with Crippen molar-refractivity contribution in [3.05, 3.63) is 30.1 Å². The van der Waals surface area contributed by atoms with Crippen molar-refractivity contribution in [3.63, 3.8) is 0 Å². The normalized spacial score (nSPS) is 13.9. The van der Waals surface area contributed by atoms with Crippen LogP contribution in [0.4, 0.5) is 10.1 Å². The van der Waals surface area contributed by atoms with Gasteiger partial charge < -0.3 is 5.32 Å². The Labute approximate surface area is 137 Å². The lowest BCUT2D eigenvalue weighted by Crippen LogP contribution is -2.45. The summed E-state index contributed by atoms with van der Waals surface area (Å²) in [5, 5.41) is 2.88. The number of amides is 3. The van der Waals surface area contributed by atoms with Crippen molar-refractivity contribution < 1.29 is 18.8 Å². The zero-order valence-corrected chi connectivity index (χ0v) is 12.9. The molecule has 0 aromatic heterocycles. The lowest BCUT2D eigenvalue weighted by atomic mass is 10.3. The molecule has 0 aliphatic carbocycles. The van der Waals surface area contributed by atoms with Gasteiger partial charge in [-0.25, -0.2) is 4.39 Å². The summed E-state index contributed by atoms with van der Waals surface area (Å²) in [6.45, 7) is 0.0450. The molecule has 23 heavy (non-hydrogen) atoms. The molecule has 0 radical (unpaired) electrons. The Balaban J connectivity index is 1.69. The predicted octanol–water partition coefficient (Wildman–Crippen LogP) is 0.682. The van der Waals surface area contributed by atoms with Gasteiger partial charge in [0, 0.05) is 31.5 Å². The number of thiocarbonyl (C=S) groups is 1. The molecule has 1 aliphatic rings. The largest absolute Gasteiger partial charge is 0.331 e. The van der Waals surface area contributed by atoms with Crippen LogP contribution in [0.15, 0.2) is 24.3 Å². The number of carbonyl (C=O) groups is 3. The van der Waals surface area contributed by atoms with Crippen LogP contribution >= 0.6 is 12.2 Å². The number of anilines is 1. The zero-order valence-electron chi connectivity index (χ0n) is 12.1. The number of hydrogen-bond donors (Lipinski definition) is 3. The molecular formula is C14H15FN4O3S. The number of hydrogen-bond acceptors (Lipinski definition) is 4. The number of imide groups is 1. The van der Waals surface area contributed by atoms with Gasteiger partial charge in [-0.2, -0.15) is 0 Å². The van der Waals surface area contributed by atoms with Crippen LogP contribution in [-0.4, -0.2) is 34.3 Å². The Morgan fingerprint density at radius 3 is 2.35 bits per heavy atom. The first kappa shape index (κ1) is 16.8. The highest BCUT2D eigenvalue weighted by Crippen LogP contribution is 2.11. The topological polar surface area (TPSA) is 90.5 Å². The van der Waals surface area contributed by atoms with Crippen molar-refractivity contribution in [3.8, 4) is 0 Å². The number of nitrogens with one attached hydrogen (secondary N) is 3. The minimum Gasteiger partial charge on any atom is -0.331 e. The van der Waals surface area contributed by atoms with Gasteiger partial charge in [0.1, 0.15) is 5.82 Å². The van der Waals surface area contributed by atoms with E-state index in [4.69, 9.17) is 12.2 Å². The summed E-state index contributed by atoms with van der Waals surface area (Å²) in [6.07, 6.45) is 0.373. The fraction of sp³-hybridized carbons (Fsp3) is 0.286. The quantitative estimate of drug-likeness (QED) is 0.425. The number of hydrazine groups is 1. The van der Waals surface area contributed by atoms with E-state index in [0.717, 1.165) is 4.90 Å². The fourth-order valence-corrected chi connectivity index (χ4v) is 2.14. The van der Waals surface area contributed by atoms with E-state index < -0.39 is 5.91 Å². The molecule has 1 aromatic rings. The molecule has 9 heteroatoms. The van der Waals surface area contributed by atoms with Crippen LogP contribution in [0, 0.1) is 5.82 Å². The molecule has 3 amide bonds. The predicted molar refractivity (Wildman–Crippen MR) is 84.5 cm³/mol. The van der Waals surface area contributed by atoms with Gasteiger partial charge in [-0.3, -0.25) is 30.1 Å². The minimum atomic E-state index is -0.416. The van der Waals surface area contributed by atoms with Gasteiger partial charge in [0.15, 0.2) is 5.11 Å². The van der Waals surface area contributed by atoms with Crippen molar-refractivity contribution >= 4 is 40.7 Å². The second-order valence-corrected chi connectivity index (χ2v) is 5.23. The lowest BCUT2D eigenvalue weighted by Gasteiger charge is -2.14. The number of benzene rings is 1. The monoisotopic (exact) mass is 338 g/mol. The maximum absolute atomic E-state index is 12.8. The second-order valence-electron chi connectivity index (χ2n) is 4.82. The highest BCUT2D eigenvalue weighted by atomic mass is 32.1. The number of halogens is 1. The number of carbonyl (C=O) groups excluding carboxylic acids is 3. The van der Waals surface area contributed by atoms with Crippen LogP contribution in [0.2, 0.25) is 0 Å². The third kappa shape index (κ3) is 4.99. The van der Waals surface area contributed by atoms with E-state index >= 15 is 0 Å². The van der Waals surface area contributed by atoms with E-state index in [1.807, 2.05) is 0 Å². The lowest BCUT2D eigenvalue weighted by molar-refractivity contribution is -0.138. The van der Waals surface area contributed by atoms with E-state index in [9.17, 15) is 18.8 Å². The SMILES string of the molecule is O=C(CCN1C(=O)CCC1=O)NNC(=S)Nc1ccc(F)cc1. The summed E-state index contributed by atoms with van der Waals surface area (Å²) in [5.74, 6) is -1.30. The molecule has 1 fully saturated rings. The number of rotatable bonds is 4. The molecule has 7 nitrogen and oxygen atoms in total. The van der Waals surface area contributed by atoms with Gasteiger partial charge in [0.2, 0.25) is 17.7 Å². The third-order valence-electron chi connectivity index (χ3n) is 3.13. The summed E-state index contributed by atoms with van der Waals surface area (Å²) in [7, 11) is 0. The molecule has 0 saturated carbocycles. The zero-order chi connectivity index (χ0) is 16.8. The van der Waals surface area contributed by atoms with E-state index in [2.05, 4.69) is 16.2 Å². The van der Waals surface area contributed by atoms with E-state index in [1.165, 1.54) is 24.3 Å². The first-order valence-electron chi connectivity index (χ1n) is 6.90. The van der Waals surface area contributed by atoms with E-state index in [-0.39, 0.29) is 48.6 Å². The molecular weight excluding hydrogens is 323 g/mol. The number of nitrogens with zero attached hydrogens (tertiary/aromatic N) is 1. The minimum absolute atomic E-state index is 0.0242. The van der Waals surface area contributed by atoms with Gasteiger partial charge in [-0.15, -0.1) is 0 Å². The molecule has 0 spiro atoms. The van der Waals surface area contributed by atoms with E-state index in [0.29, 0.717) is 5.69 Å². The fourth-order valence-electron chi connectivity index (χ4n) is 1.97. The first-order chi connectivity index (χ1) is 11.0. The van der Waals surface area contributed by atoms with Gasteiger partial charge in [-0.05, 0) is 36.5 Å². The van der Waals surface area contributed by atoms with Gasteiger partial charge >= 0.3 is 0 Å². The van der Waals surface area contributed by atoms with Crippen molar-refractivity contribution in [1.29, 1.82) is 0 Å². The smallest absolute Gasteiger partial charge is 0.240 e. The van der Waals surface area contributed by atoms with Gasteiger partial charge in [0.25, 0.3) is 0 Å². The van der Waals surface area contributed by atoms with Crippen LogP contribution in [0.25, 0.3) is 0 Å². The Morgan fingerprint density at radius 1 is 1.13 bits per heavy atom. The first-order valence-corrected chi connectivity index (χ1v) is 7.31. The Morgan fingerprint density at radius 2 is 1.74 bits per heavy atom. The van der Waals surface area contributed by atoms with Crippen molar-refractivity contribution in [2.75, 3.05) is 11.9 Å². The summed E-state index contributed by atoms with van der Waals surface area (Å²) in [6, 6.07) is 5.53. The Hall–Kier alpha value is -2.55. The summed E-state index contributed by atoms with van der Waals surface area (Å²) < 4.78 is 12.8. The summed E-state index contributed by atoms with van der Waals surface area (Å²) in [5.41, 5.74) is 5.40. The molecule has 0 unspecified atom stereocenters. The molecule has 2 rings (SSSR count). The third-order valence-corrected chi connectivity index (χ3v) is 3.34. The van der Waals surface area contributed by atoms with E-state index in [1.54, 1.807) is 0 Å². The molecule has 1 heterocycles. The molecule has 122 valence electrons. The standard InChI is InChI=1S/C14H15FN4O3S/c15-9-1-3-10(4-2-9)16-14(23)18-17-11(20)7-8-19-12(21)5-6-13(19)22/h1-4H,5-8H2,(H,17,20)(H2,16,18,23). The second kappa shape index (κ2) is 7.63.